The third kappa shape index (κ3) is 2.17. The maximum absolute atomic E-state index is 13.8. The van der Waals surface area contributed by atoms with Crippen molar-refractivity contribution in [3.63, 3.8) is 0 Å². The molecule has 0 amide bonds. The largest absolute Gasteiger partial charge is 0.298 e. The summed E-state index contributed by atoms with van der Waals surface area (Å²) >= 11 is 5.67. The molecule has 0 aliphatic rings. The van der Waals surface area contributed by atoms with E-state index in [0.717, 1.165) is 6.07 Å². The van der Waals surface area contributed by atoms with Crippen LogP contribution in [0.25, 0.3) is 11.3 Å². The molecule has 0 atom stereocenters. The van der Waals surface area contributed by atoms with Crippen LogP contribution < -0.4 is 0 Å². The van der Waals surface area contributed by atoms with E-state index in [2.05, 4.69) is 4.98 Å². The van der Waals surface area contributed by atoms with Gasteiger partial charge in [0.2, 0.25) is 0 Å². The molecule has 17 heavy (non-hydrogen) atoms. The minimum atomic E-state index is -0.935. The summed E-state index contributed by atoms with van der Waals surface area (Å²) in [6.45, 7) is 0. The summed E-state index contributed by atoms with van der Waals surface area (Å²) in [5.74, 6) is -1.84. The predicted octanol–water partition coefficient (Wildman–Crippen LogP) is 3.49. The van der Waals surface area contributed by atoms with E-state index >= 15 is 0 Å². The van der Waals surface area contributed by atoms with E-state index in [4.69, 9.17) is 11.6 Å². The third-order valence-corrected chi connectivity index (χ3v) is 2.45. The van der Waals surface area contributed by atoms with Gasteiger partial charge < -0.3 is 0 Å². The first-order valence-corrected chi connectivity index (χ1v) is 5.07. The monoisotopic (exact) mass is 253 g/mol. The Morgan fingerprint density at radius 3 is 2.59 bits per heavy atom. The Bertz CT molecular complexity index is 587. The zero-order chi connectivity index (χ0) is 12.4. The number of halogens is 3. The highest BCUT2D eigenvalue weighted by atomic mass is 35.5. The van der Waals surface area contributed by atoms with E-state index in [0.29, 0.717) is 0 Å². The molecule has 0 radical (unpaired) electrons. The van der Waals surface area contributed by atoms with Gasteiger partial charge in [-0.05, 0) is 24.3 Å². The zero-order valence-electron chi connectivity index (χ0n) is 8.45. The predicted molar refractivity (Wildman–Crippen MR) is 60.0 cm³/mol. The van der Waals surface area contributed by atoms with Crippen LogP contribution in [-0.2, 0) is 0 Å². The topological polar surface area (TPSA) is 30.0 Å². The van der Waals surface area contributed by atoms with Crippen molar-refractivity contribution in [3.05, 3.63) is 52.7 Å². The molecule has 0 bridgehead atoms. The Morgan fingerprint density at radius 2 is 1.94 bits per heavy atom. The van der Waals surface area contributed by atoms with Gasteiger partial charge in [0.05, 0.1) is 11.3 Å². The fraction of sp³-hybridized carbons (Fsp3) is 0. The number of rotatable bonds is 2. The lowest BCUT2D eigenvalue weighted by Gasteiger charge is -2.05. The lowest BCUT2D eigenvalue weighted by Crippen LogP contribution is -1.97. The highest BCUT2D eigenvalue weighted by Gasteiger charge is 2.15. The number of hydrogen-bond donors (Lipinski definition) is 0. The van der Waals surface area contributed by atoms with E-state index in [-0.39, 0.29) is 22.7 Å². The molecular formula is C12H6ClF2NO. The Balaban J connectivity index is 2.64. The maximum Gasteiger partial charge on any atom is 0.155 e. The molecule has 0 N–H and O–H groups in total. The van der Waals surface area contributed by atoms with Crippen molar-refractivity contribution in [2.24, 2.45) is 0 Å². The van der Waals surface area contributed by atoms with Crippen LogP contribution in [0.2, 0.25) is 5.15 Å². The number of hydrogen-bond acceptors (Lipinski definition) is 2. The zero-order valence-corrected chi connectivity index (χ0v) is 9.21. The normalized spacial score (nSPS) is 10.3. The highest BCUT2D eigenvalue weighted by Crippen LogP contribution is 2.25. The molecular weight excluding hydrogens is 248 g/mol. The van der Waals surface area contributed by atoms with Gasteiger partial charge in [-0.15, -0.1) is 0 Å². The van der Waals surface area contributed by atoms with Crippen molar-refractivity contribution in [3.8, 4) is 11.3 Å². The number of aldehydes is 1. The number of pyridine rings is 1. The summed E-state index contributed by atoms with van der Waals surface area (Å²) in [7, 11) is 0. The van der Waals surface area contributed by atoms with Gasteiger partial charge in [-0.3, -0.25) is 4.79 Å². The molecule has 0 saturated carbocycles. The second-order valence-electron chi connectivity index (χ2n) is 3.29. The van der Waals surface area contributed by atoms with Gasteiger partial charge in [0, 0.05) is 5.56 Å². The van der Waals surface area contributed by atoms with Crippen LogP contribution in [0.15, 0.2) is 30.3 Å². The van der Waals surface area contributed by atoms with E-state index in [9.17, 15) is 13.6 Å². The number of nitrogens with zero attached hydrogens (tertiary/aromatic N) is 1. The molecule has 0 aliphatic heterocycles. The quantitative estimate of drug-likeness (QED) is 0.606. The molecule has 0 spiro atoms. The molecule has 0 unspecified atom stereocenters. The van der Waals surface area contributed by atoms with E-state index in [1.54, 1.807) is 6.07 Å². The van der Waals surface area contributed by atoms with Gasteiger partial charge in [0.25, 0.3) is 0 Å². The Labute approximate surface area is 101 Å². The Kier molecular flexibility index (Phi) is 3.15. The molecule has 1 aromatic carbocycles. The molecule has 1 heterocycles. The van der Waals surface area contributed by atoms with Crippen molar-refractivity contribution in [2.45, 2.75) is 0 Å². The number of benzene rings is 1. The smallest absolute Gasteiger partial charge is 0.155 e. The van der Waals surface area contributed by atoms with Crippen LogP contribution in [-0.4, -0.2) is 11.3 Å². The Morgan fingerprint density at radius 1 is 1.18 bits per heavy atom. The van der Waals surface area contributed by atoms with Crippen LogP contribution in [0.5, 0.6) is 0 Å². The molecule has 2 rings (SSSR count). The van der Waals surface area contributed by atoms with Crippen molar-refractivity contribution < 1.29 is 13.6 Å². The summed E-state index contributed by atoms with van der Waals surface area (Å²) in [5, 5.41) is 0.193. The summed E-state index contributed by atoms with van der Waals surface area (Å²) in [4.78, 5) is 14.5. The molecule has 2 nitrogen and oxygen atoms in total. The van der Waals surface area contributed by atoms with Crippen LogP contribution in [0.4, 0.5) is 8.78 Å². The van der Waals surface area contributed by atoms with Crippen molar-refractivity contribution in [1.82, 2.24) is 4.98 Å². The summed E-state index contributed by atoms with van der Waals surface area (Å²) < 4.78 is 26.9. The van der Waals surface area contributed by atoms with Crippen LogP contribution in [0.3, 0.4) is 0 Å². The summed E-state index contributed by atoms with van der Waals surface area (Å²) in [5.41, 5.74) is -0.321. The molecule has 2 aromatic rings. The fourth-order valence-electron chi connectivity index (χ4n) is 1.43. The second kappa shape index (κ2) is 4.59. The fourth-order valence-corrected chi connectivity index (χ4v) is 1.60. The highest BCUT2D eigenvalue weighted by molar-refractivity contribution is 6.29. The maximum atomic E-state index is 13.8. The minimum Gasteiger partial charge on any atom is -0.298 e. The van der Waals surface area contributed by atoms with Gasteiger partial charge in [-0.1, -0.05) is 17.7 Å². The van der Waals surface area contributed by atoms with Crippen LogP contribution in [0, 0.1) is 11.6 Å². The van der Waals surface area contributed by atoms with Crippen molar-refractivity contribution in [2.75, 3.05) is 0 Å². The van der Waals surface area contributed by atoms with Crippen LogP contribution >= 0.6 is 11.6 Å². The average Bonchev–Trinajstić information content (AvgIpc) is 2.29. The molecule has 0 aliphatic carbocycles. The van der Waals surface area contributed by atoms with Gasteiger partial charge in [0.1, 0.15) is 16.8 Å². The first-order chi connectivity index (χ1) is 8.13. The SMILES string of the molecule is O=Cc1c(F)ccc(-c2cccc(Cl)n2)c1F. The second-order valence-corrected chi connectivity index (χ2v) is 3.67. The third-order valence-electron chi connectivity index (χ3n) is 2.24. The van der Waals surface area contributed by atoms with Gasteiger partial charge in [0.15, 0.2) is 6.29 Å². The van der Waals surface area contributed by atoms with Gasteiger partial charge in [-0.2, -0.15) is 0 Å². The standard InChI is InChI=1S/C12H6ClF2NO/c13-11-3-1-2-10(16-11)7-4-5-9(14)8(6-17)12(7)15/h1-6H. The van der Waals surface area contributed by atoms with E-state index < -0.39 is 17.2 Å². The molecule has 86 valence electrons. The first-order valence-electron chi connectivity index (χ1n) is 4.69. The first kappa shape index (κ1) is 11.7. The molecule has 0 fully saturated rings. The summed E-state index contributed by atoms with van der Waals surface area (Å²) in [6, 6.07) is 6.89. The summed E-state index contributed by atoms with van der Waals surface area (Å²) in [6.07, 6.45) is 0.138. The lowest BCUT2D eigenvalue weighted by molar-refractivity contribution is 0.111. The number of aromatic nitrogens is 1. The average molecular weight is 254 g/mol. The molecule has 0 saturated heterocycles. The van der Waals surface area contributed by atoms with Crippen LogP contribution in [0.1, 0.15) is 10.4 Å². The number of carbonyl (C=O) groups excluding carboxylic acids is 1. The van der Waals surface area contributed by atoms with Gasteiger partial charge >= 0.3 is 0 Å². The van der Waals surface area contributed by atoms with Crippen molar-refractivity contribution in [1.29, 1.82) is 0 Å². The minimum absolute atomic E-state index is 0.0380. The molecule has 5 heteroatoms. The van der Waals surface area contributed by atoms with E-state index in [1.165, 1.54) is 18.2 Å². The lowest BCUT2D eigenvalue weighted by atomic mass is 10.1. The number of carbonyl (C=O) groups is 1. The Hall–Kier alpha value is -1.81. The van der Waals surface area contributed by atoms with Gasteiger partial charge in [-0.25, -0.2) is 13.8 Å². The van der Waals surface area contributed by atoms with E-state index in [1.807, 2.05) is 0 Å². The molecule has 1 aromatic heterocycles. The van der Waals surface area contributed by atoms with Crippen molar-refractivity contribution >= 4 is 17.9 Å².